The molecule has 1 aromatic carbocycles. The summed E-state index contributed by atoms with van der Waals surface area (Å²) in [6.45, 7) is 1.81. The number of hydrogen-bond acceptors (Lipinski definition) is 6. The number of aryl methyl sites for hydroxylation is 1. The van der Waals surface area contributed by atoms with Gasteiger partial charge >= 0.3 is 0 Å². The number of aliphatic hydroxyl groups excluding tert-OH is 1. The monoisotopic (exact) mass is 361 g/mol. The average Bonchev–Trinajstić information content (AvgIpc) is 2.98. The normalized spacial score (nSPS) is 10.8. The number of benzene rings is 1. The quantitative estimate of drug-likeness (QED) is 0.650. The lowest BCUT2D eigenvalue weighted by Crippen LogP contribution is -1.92. The van der Waals surface area contributed by atoms with Gasteiger partial charge in [-0.05, 0) is 43.5 Å². The highest BCUT2D eigenvalue weighted by molar-refractivity contribution is 7.98. The van der Waals surface area contributed by atoms with E-state index < -0.39 is 0 Å². The molecule has 2 aromatic heterocycles. The van der Waals surface area contributed by atoms with Crippen LogP contribution < -0.4 is 5.32 Å². The van der Waals surface area contributed by atoms with Gasteiger partial charge in [0.15, 0.2) is 5.13 Å². The lowest BCUT2D eigenvalue weighted by Gasteiger charge is -2.05. The molecule has 0 aliphatic heterocycles. The van der Waals surface area contributed by atoms with Crippen LogP contribution >= 0.6 is 23.1 Å². The molecule has 0 saturated carbocycles. The van der Waals surface area contributed by atoms with Gasteiger partial charge in [-0.1, -0.05) is 11.3 Å². The Kier molecular flexibility index (Phi) is 5.13. The maximum Gasteiger partial charge on any atom is 0.188 e. The van der Waals surface area contributed by atoms with Gasteiger partial charge < -0.3 is 10.4 Å². The molecule has 7 heteroatoms. The molecule has 0 saturated heterocycles. The van der Waals surface area contributed by atoms with E-state index in [0.29, 0.717) is 15.7 Å². The fourth-order valence-corrected chi connectivity index (χ4v) is 3.62. The Labute approximate surface area is 147 Å². The zero-order chi connectivity index (χ0) is 17.1. The molecule has 3 rings (SSSR count). The number of pyridine rings is 1. The van der Waals surface area contributed by atoms with Gasteiger partial charge in [0.25, 0.3) is 0 Å². The van der Waals surface area contributed by atoms with E-state index in [1.54, 1.807) is 12.3 Å². The summed E-state index contributed by atoms with van der Waals surface area (Å²) in [5.74, 6) is -0.267. The number of thiazole rings is 1. The molecule has 0 amide bonds. The van der Waals surface area contributed by atoms with Crippen molar-refractivity contribution in [3.63, 3.8) is 0 Å². The minimum absolute atomic E-state index is 0.101. The Bertz CT molecular complexity index is 867. The van der Waals surface area contributed by atoms with E-state index in [1.807, 2.05) is 31.4 Å². The van der Waals surface area contributed by atoms with Gasteiger partial charge in [-0.15, -0.1) is 11.8 Å². The molecule has 0 aliphatic rings. The smallest absolute Gasteiger partial charge is 0.188 e. The molecule has 3 aromatic rings. The third-order valence-corrected chi connectivity index (χ3v) is 5.14. The molecule has 0 spiro atoms. The molecule has 0 unspecified atom stereocenters. The summed E-state index contributed by atoms with van der Waals surface area (Å²) in [4.78, 5) is 10.1. The van der Waals surface area contributed by atoms with Crippen molar-refractivity contribution in [1.29, 1.82) is 0 Å². The lowest BCUT2D eigenvalue weighted by molar-refractivity contribution is 0.286. The van der Waals surface area contributed by atoms with Gasteiger partial charge in [0.2, 0.25) is 0 Å². The maximum absolute atomic E-state index is 13.9. The molecule has 4 nitrogen and oxygen atoms in total. The third-order valence-electron chi connectivity index (χ3n) is 3.41. The first kappa shape index (κ1) is 16.9. The summed E-state index contributed by atoms with van der Waals surface area (Å²) in [5, 5.41) is 13.3. The van der Waals surface area contributed by atoms with Crippen molar-refractivity contribution in [2.45, 2.75) is 18.4 Å². The Morgan fingerprint density at radius 3 is 2.79 bits per heavy atom. The van der Waals surface area contributed by atoms with E-state index in [9.17, 15) is 9.50 Å². The highest BCUT2D eigenvalue weighted by Crippen LogP contribution is 2.33. The maximum atomic E-state index is 13.9. The first-order chi connectivity index (χ1) is 11.6. The van der Waals surface area contributed by atoms with E-state index in [-0.39, 0.29) is 12.4 Å². The van der Waals surface area contributed by atoms with E-state index in [4.69, 9.17) is 0 Å². The minimum atomic E-state index is -0.267. The van der Waals surface area contributed by atoms with Gasteiger partial charge in [0.05, 0.1) is 17.2 Å². The number of halogens is 1. The highest BCUT2D eigenvalue weighted by Gasteiger charge is 2.13. The van der Waals surface area contributed by atoms with Crippen molar-refractivity contribution in [2.75, 3.05) is 11.6 Å². The van der Waals surface area contributed by atoms with Crippen molar-refractivity contribution in [2.24, 2.45) is 0 Å². The second-order valence-corrected chi connectivity index (χ2v) is 7.04. The van der Waals surface area contributed by atoms with Crippen molar-refractivity contribution >= 4 is 33.9 Å². The average molecular weight is 361 g/mol. The van der Waals surface area contributed by atoms with Crippen LogP contribution in [0.3, 0.4) is 0 Å². The second kappa shape index (κ2) is 7.29. The largest absolute Gasteiger partial charge is 0.391 e. The molecule has 0 radical (unpaired) electrons. The summed E-state index contributed by atoms with van der Waals surface area (Å²) in [7, 11) is 0. The number of rotatable bonds is 5. The summed E-state index contributed by atoms with van der Waals surface area (Å²) < 4.78 is 13.9. The molecule has 0 aliphatic carbocycles. The summed E-state index contributed by atoms with van der Waals surface area (Å²) in [6.07, 6.45) is 3.55. The number of aliphatic hydroxyl groups is 1. The topological polar surface area (TPSA) is 58.0 Å². The van der Waals surface area contributed by atoms with E-state index >= 15 is 0 Å². The standard InChI is InChI=1S/C17H16FN3OS2/c1-10-7-11(5-6-19-10)16-15(9-22)24-17(21-16)20-12-3-4-14(23-2)13(18)8-12/h3-8,22H,9H2,1-2H3,(H,20,21). The number of anilines is 2. The molecule has 0 bridgehead atoms. The third kappa shape index (κ3) is 3.58. The van der Waals surface area contributed by atoms with E-state index in [2.05, 4.69) is 15.3 Å². The van der Waals surface area contributed by atoms with Crippen molar-refractivity contribution in [3.05, 3.63) is 52.9 Å². The first-order valence-electron chi connectivity index (χ1n) is 7.25. The fraction of sp³-hybridized carbons (Fsp3) is 0.176. The molecular weight excluding hydrogens is 345 g/mol. The number of thioether (sulfide) groups is 1. The van der Waals surface area contributed by atoms with Gasteiger partial charge in [-0.3, -0.25) is 4.98 Å². The van der Waals surface area contributed by atoms with Crippen LogP contribution in [-0.2, 0) is 6.61 Å². The predicted octanol–water partition coefficient (Wildman–Crippen LogP) is 4.61. The SMILES string of the molecule is CSc1ccc(Nc2nc(-c3ccnc(C)c3)c(CO)s2)cc1F. The number of hydrogen-bond donors (Lipinski definition) is 2. The van der Waals surface area contributed by atoms with Crippen LogP contribution in [0, 0.1) is 12.7 Å². The molecular formula is C17H16FN3OS2. The van der Waals surface area contributed by atoms with E-state index in [1.165, 1.54) is 29.2 Å². The van der Waals surface area contributed by atoms with Gasteiger partial charge in [-0.2, -0.15) is 0 Å². The van der Waals surface area contributed by atoms with Crippen LogP contribution in [-0.4, -0.2) is 21.3 Å². The van der Waals surface area contributed by atoms with Gasteiger partial charge in [-0.25, -0.2) is 9.37 Å². The molecule has 2 N–H and O–H groups in total. The molecule has 124 valence electrons. The highest BCUT2D eigenvalue weighted by atomic mass is 32.2. The van der Waals surface area contributed by atoms with Crippen LogP contribution in [0.15, 0.2) is 41.4 Å². The van der Waals surface area contributed by atoms with Crippen LogP contribution in [0.2, 0.25) is 0 Å². The zero-order valence-corrected chi connectivity index (χ0v) is 14.8. The van der Waals surface area contributed by atoms with Crippen molar-refractivity contribution in [3.8, 4) is 11.3 Å². The van der Waals surface area contributed by atoms with Crippen molar-refractivity contribution < 1.29 is 9.50 Å². The van der Waals surface area contributed by atoms with Crippen LogP contribution in [0.4, 0.5) is 15.2 Å². The summed E-state index contributed by atoms with van der Waals surface area (Å²) >= 11 is 2.71. The van der Waals surface area contributed by atoms with Crippen molar-refractivity contribution in [1.82, 2.24) is 9.97 Å². The van der Waals surface area contributed by atoms with Gasteiger partial charge in [0, 0.05) is 28.0 Å². The lowest BCUT2D eigenvalue weighted by atomic mass is 10.1. The molecule has 0 atom stereocenters. The first-order valence-corrected chi connectivity index (χ1v) is 9.29. The Hall–Kier alpha value is -1.96. The van der Waals surface area contributed by atoms with Crippen LogP contribution in [0.1, 0.15) is 10.6 Å². The van der Waals surface area contributed by atoms with Crippen LogP contribution in [0.25, 0.3) is 11.3 Å². The molecule has 24 heavy (non-hydrogen) atoms. The minimum Gasteiger partial charge on any atom is -0.391 e. The molecule has 2 heterocycles. The van der Waals surface area contributed by atoms with Crippen LogP contribution in [0.5, 0.6) is 0 Å². The number of nitrogens with zero attached hydrogens (tertiary/aromatic N) is 2. The Morgan fingerprint density at radius 2 is 2.12 bits per heavy atom. The molecule has 0 fully saturated rings. The second-order valence-electron chi connectivity index (χ2n) is 5.11. The number of nitrogens with one attached hydrogen (secondary N) is 1. The Balaban J connectivity index is 1.91. The summed E-state index contributed by atoms with van der Waals surface area (Å²) in [5.41, 5.74) is 3.13. The predicted molar refractivity (Wildman–Crippen MR) is 97.5 cm³/mol. The fourth-order valence-electron chi connectivity index (χ4n) is 2.30. The van der Waals surface area contributed by atoms with Gasteiger partial charge in [0.1, 0.15) is 5.82 Å². The number of aromatic nitrogens is 2. The van der Waals surface area contributed by atoms with E-state index in [0.717, 1.165) is 21.8 Å². The Morgan fingerprint density at radius 1 is 1.29 bits per heavy atom. The zero-order valence-electron chi connectivity index (χ0n) is 13.2. The summed E-state index contributed by atoms with van der Waals surface area (Å²) in [6, 6.07) is 8.77.